The summed E-state index contributed by atoms with van der Waals surface area (Å²) in [5.74, 6) is 0.741. The zero-order chi connectivity index (χ0) is 17.1. The van der Waals surface area contributed by atoms with E-state index in [0.717, 1.165) is 16.7 Å². The largest absolute Gasteiger partial charge is 0.451 e. The predicted octanol–water partition coefficient (Wildman–Crippen LogP) is 5.18. The van der Waals surface area contributed by atoms with Gasteiger partial charge in [-0.15, -0.1) is 0 Å². The lowest BCUT2D eigenvalue weighted by Gasteiger charge is -2.17. The van der Waals surface area contributed by atoms with E-state index in [2.05, 4.69) is 0 Å². The minimum Gasteiger partial charge on any atom is -0.451 e. The molecule has 3 nitrogen and oxygen atoms in total. The monoisotopic (exact) mass is 339 g/mol. The number of halogens is 1. The molecule has 4 heteroatoms. The van der Waals surface area contributed by atoms with Crippen molar-refractivity contribution in [3.63, 3.8) is 0 Å². The number of carbonyl (C=O) groups is 1. The standard InChI is InChI=1S/C20H18ClNO2/c1-14-7-3-4-8-15(14)13-22(2)20(23)19-12-11-18(24-19)16-9-5-6-10-17(16)21/h3-12H,13H2,1-2H3. The number of hydrogen-bond acceptors (Lipinski definition) is 2. The van der Waals surface area contributed by atoms with Crippen molar-refractivity contribution in [3.8, 4) is 11.3 Å². The van der Waals surface area contributed by atoms with E-state index in [1.54, 1.807) is 30.1 Å². The Balaban J connectivity index is 1.79. The number of amides is 1. The SMILES string of the molecule is Cc1ccccc1CN(C)C(=O)c1ccc(-c2ccccc2Cl)o1. The van der Waals surface area contributed by atoms with Crippen molar-refractivity contribution in [1.29, 1.82) is 0 Å². The molecular formula is C20H18ClNO2. The summed E-state index contributed by atoms with van der Waals surface area (Å²) in [6, 6.07) is 18.9. The van der Waals surface area contributed by atoms with E-state index < -0.39 is 0 Å². The van der Waals surface area contributed by atoms with Crippen LogP contribution in [-0.2, 0) is 6.54 Å². The zero-order valence-corrected chi connectivity index (χ0v) is 14.4. The lowest BCUT2D eigenvalue weighted by Crippen LogP contribution is -2.26. The highest BCUT2D eigenvalue weighted by Crippen LogP contribution is 2.29. The van der Waals surface area contributed by atoms with Gasteiger partial charge in [-0.3, -0.25) is 4.79 Å². The summed E-state index contributed by atoms with van der Waals surface area (Å²) >= 11 is 6.18. The van der Waals surface area contributed by atoms with Gasteiger partial charge in [-0.1, -0.05) is 48.0 Å². The Hall–Kier alpha value is -2.52. The van der Waals surface area contributed by atoms with Crippen LogP contribution < -0.4 is 0 Å². The van der Waals surface area contributed by atoms with Crippen molar-refractivity contribution in [2.24, 2.45) is 0 Å². The number of carbonyl (C=O) groups excluding carboxylic acids is 1. The molecule has 3 rings (SSSR count). The van der Waals surface area contributed by atoms with E-state index in [0.29, 0.717) is 23.1 Å². The predicted molar refractivity (Wildman–Crippen MR) is 96.1 cm³/mol. The fraction of sp³-hybridized carbons (Fsp3) is 0.150. The minimum atomic E-state index is -0.156. The molecule has 0 spiro atoms. The maximum absolute atomic E-state index is 12.6. The molecule has 2 aromatic carbocycles. The second-order valence-corrected chi connectivity index (χ2v) is 6.14. The first kappa shape index (κ1) is 16.3. The van der Waals surface area contributed by atoms with Crippen LogP contribution in [0, 0.1) is 6.92 Å². The smallest absolute Gasteiger partial charge is 0.289 e. The summed E-state index contributed by atoms with van der Waals surface area (Å²) in [5, 5.41) is 0.596. The van der Waals surface area contributed by atoms with Gasteiger partial charge in [0, 0.05) is 19.2 Å². The molecule has 24 heavy (non-hydrogen) atoms. The van der Waals surface area contributed by atoms with Crippen molar-refractivity contribution < 1.29 is 9.21 Å². The zero-order valence-electron chi connectivity index (χ0n) is 13.6. The third-order valence-electron chi connectivity index (χ3n) is 3.97. The average Bonchev–Trinajstić information content (AvgIpc) is 3.06. The van der Waals surface area contributed by atoms with Crippen LogP contribution in [0.2, 0.25) is 5.02 Å². The van der Waals surface area contributed by atoms with Gasteiger partial charge in [-0.2, -0.15) is 0 Å². The molecule has 0 bridgehead atoms. The Kier molecular flexibility index (Phi) is 4.72. The van der Waals surface area contributed by atoms with Crippen molar-refractivity contribution >= 4 is 17.5 Å². The summed E-state index contributed by atoms with van der Waals surface area (Å²) in [4.78, 5) is 14.2. The average molecular weight is 340 g/mol. The first-order valence-electron chi connectivity index (χ1n) is 7.71. The van der Waals surface area contributed by atoms with E-state index in [4.69, 9.17) is 16.0 Å². The van der Waals surface area contributed by atoms with Gasteiger partial charge >= 0.3 is 0 Å². The molecule has 1 amide bonds. The number of furan rings is 1. The molecule has 0 saturated carbocycles. The number of benzene rings is 2. The van der Waals surface area contributed by atoms with Crippen LogP contribution in [0.15, 0.2) is 65.1 Å². The molecule has 3 aromatic rings. The first-order valence-corrected chi connectivity index (χ1v) is 8.09. The second-order valence-electron chi connectivity index (χ2n) is 5.73. The van der Waals surface area contributed by atoms with Crippen LogP contribution in [0.3, 0.4) is 0 Å². The van der Waals surface area contributed by atoms with Gasteiger partial charge in [0.15, 0.2) is 5.76 Å². The highest BCUT2D eigenvalue weighted by molar-refractivity contribution is 6.33. The summed E-state index contributed by atoms with van der Waals surface area (Å²) < 4.78 is 5.73. The third-order valence-corrected chi connectivity index (χ3v) is 4.30. The molecule has 0 aliphatic carbocycles. The molecule has 0 fully saturated rings. The van der Waals surface area contributed by atoms with Gasteiger partial charge in [0.2, 0.25) is 0 Å². The molecule has 0 aliphatic heterocycles. The summed E-state index contributed by atoms with van der Waals surface area (Å²) in [5.41, 5.74) is 3.05. The number of aryl methyl sites for hydroxylation is 1. The summed E-state index contributed by atoms with van der Waals surface area (Å²) in [7, 11) is 1.77. The molecule has 122 valence electrons. The van der Waals surface area contributed by atoms with E-state index in [1.807, 2.05) is 49.4 Å². The van der Waals surface area contributed by atoms with Gasteiger partial charge in [0.25, 0.3) is 5.91 Å². The quantitative estimate of drug-likeness (QED) is 0.656. The highest BCUT2D eigenvalue weighted by Gasteiger charge is 2.18. The number of rotatable bonds is 4. The molecule has 0 saturated heterocycles. The fourth-order valence-corrected chi connectivity index (χ4v) is 2.79. The highest BCUT2D eigenvalue weighted by atomic mass is 35.5. The maximum Gasteiger partial charge on any atom is 0.289 e. The van der Waals surface area contributed by atoms with Crippen molar-refractivity contribution in [3.05, 3.63) is 82.6 Å². The van der Waals surface area contributed by atoms with E-state index in [1.165, 1.54) is 0 Å². The van der Waals surface area contributed by atoms with E-state index in [-0.39, 0.29) is 5.91 Å². The first-order chi connectivity index (χ1) is 11.6. The fourth-order valence-electron chi connectivity index (χ4n) is 2.56. The summed E-state index contributed by atoms with van der Waals surface area (Å²) in [6.07, 6.45) is 0. The summed E-state index contributed by atoms with van der Waals surface area (Å²) in [6.45, 7) is 2.57. The molecule has 1 aromatic heterocycles. The Morgan fingerprint density at radius 2 is 1.75 bits per heavy atom. The Bertz CT molecular complexity index is 869. The normalized spacial score (nSPS) is 10.6. The van der Waals surface area contributed by atoms with Crippen LogP contribution in [0.4, 0.5) is 0 Å². The topological polar surface area (TPSA) is 33.5 Å². The molecule has 0 atom stereocenters. The maximum atomic E-state index is 12.6. The van der Waals surface area contributed by atoms with Gasteiger partial charge in [0.05, 0.1) is 5.02 Å². The number of hydrogen-bond donors (Lipinski definition) is 0. The van der Waals surface area contributed by atoms with Gasteiger partial charge in [-0.05, 0) is 42.3 Å². The third kappa shape index (κ3) is 3.36. The Morgan fingerprint density at radius 1 is 1.04 bits per heavy atom. The molecule has 0 unspecified atom stereocenters. The van der Waals surface area contributed by atoms with Crippen LogP contribution in [0.25, 0.3) is 11.3 Å². The second kappa shape index (κ2) is 6.93. The van der Waals surface area contributed by atoms with E-state index in [9.17, 15) is 4.79 Å². The molecule has 0 aliphatic rings. The van der Waals surface area contributed by atoms with Crippen LogP contribution in [-0.4, -0.2) is 17.9 Å². The van der Waals surface area contributed by atoms with Crippen molar-refractivity contribution in [2.45, 2.75) is 13.5 Å². The Labute approximate surface area is 146 Å². The lowest BCUT2D eigenvalue weighted by atomic mass is 10.1. The lowest BCUT2D eigenvalue weighted by molar-refractivity contribution is 0.0754. The van der Waals surface area contributed by atoms with Crippen LogP contribution >= 0.6 is 11.6 Å². The van der Waals surface area contributed by atoms with Gasteiger partial charge in [0.1, 0.15) is 5.76 Å². The van der Waals surface area contributed by atoms with Crippen LogP contribution in [0.5, 0.6) is 0 Å². The van der Waals surface area contributed by atoms with Gasteiger partial charge < -0.3 is 9.32 Å². The Morgan fingerprint density at radius 3 is 2.50 bits per heavy atom. The number of nitrogens with zero attached hydrogens (tertiary/aromatic N) is 1. The minimum absolute atomic E-state index is 0.156. The van der Waals surface area contributed by atoms with Crippen molar-refractivity contribution in [2.75, 3.05) is 7.05 Å². The van der Waals surface area contributed by atoms with Crippen LogP contribution in [0.1, 0.15) is 21.7 Å². The molecule has 0 radical (unpaired) electrons. The van der Waals surface area contributed by atoms with E-state index >= 15 is 0 Å². The molecular weight excluding hydrogens is 322 g/mol. The van der Waals surface area contributed by atoms with Crippen molar-refractivity contribution in [1.82, 2.24) is 4.90 Å². The molecule has 1 heterocycles. The van der Waals surface area contributed by atoms with Gasteiger partial charge in [-0.25, -0.2) is 0 Å². The molecule has 0 N–H and O–H groups in total.